The van der Waals surface area contributed by atoms with Gasteiger partial charge in [-0.25, -0.2) is 14.2 Å². The Balaban J connectivity index is 1.34. The van der Waals surface area contributed by atoms with E-state index in [0.29, 0.717) is 29.5 Å². The van der Waals surface area contributed by atoms with Crippen molar-refractivity contribution in [2.75, 3.05) is 7.11 Å². The average Bonchev–Trinajstić information content (AvgIpc) is 3.25. The van der Waals surface area contributed by atoms with Gasteiger partial charge in [-0.1, -0.05) is 18.2 Å². The zero-order valence-corrected chi connectivity index (χ0v) is 21.6. The number of methoxy groups -OCH3 is 1. The molecule has 0 aliphatic heterocycles. The van der Waals surface area contributed by atoms with Crippen molar-refractivity contribution in [3.63, 3.8) is 0 Å². The molecule has 6 nitrogen and oxygen atoms in total. The summed E-state index contributed by atoms with van der Waals surface area (Å²) < 4.78 is 76.0. The number of benzene rings is 1. The summed E-state index contributed by atoms with van der Waals surface area (Å²) in [6.45, 7) is 3.89. The second kappa shape index (κ2) is 11.8. The van der Waals surface area contributed by atoms with Crippen molar-refractivity contribution in [2.45, 2.75) is 77.5 Å². The molecule has 0 N–H and O–H groups in total. The standard InChI is InChI=1S/C28H31F4NO5/c1-16-6-4-7-18(25(16)27(34)35-3)14-36-22-8-5-9-23(13-22)37-15-24-17(2)38-26(33-24)19-10-20(28(30,31)32)12-21(29)11-19/h4,6-7,11-12,20,22-23H,5,8-10,13-15H2,1-3H3/t20?,22-,23+/m1/s1. The van der Waals surface area contributed by atoms with Gasteiger partial charge in [-0.05, 0) is 69.2 Å². The van der Waals surface area contributed by atoms with Crippen LogP contribution in [0, 0.1) is 19.8 Å². The molecule has 38 heavy (non-hydrogen) atoms. The van der Waals surface area contributed by atoms with Crippen molar-refractivity contribution in [3.8, 4) is 0 Å². The van der Waals surface area contributed by atoms with Gasteiger partial charge in [0.1, 0.15) is 17.3 Å². The second-order valence-corrected chi connectivity index (χ2v) is 9.73. The van der Waals surface area contributed by atoms with Crippen LogP contribution in [0.15, 0.2) is 40.6 Å². The fourth-order valence-corrected chi connectivity index (χ4v) is 4.87. The van der Waals surface area contributed by atoms with Crippen LogP contribution in [-0.4, -0.2) is 36.4 Å². The highest BCUT2D eigenvalue weighted by Crippen LogP contribution is 2.39. The number of carbonyl (C=O) groups excluding carboxylic acids is 1. The smallest absolute Gasteiger partial charge is 0.395 e. The normalized spacial score (nSPS) is 22.1. The molecule has 3 atom stereocenters. The van der Waals surface area contributed by atoms with Crippen molar-refractivity contribution in [3.05, 3.63) is 70.2 Å². The maximum absolute atomic E-state index is 13.9. The van der Waals surface area contributed by atoms with E-state index in [1.165, 1.54) is 7.11 Å². The third-order valence-electron chi connectivity index (χ3n) is 6.96. The third-order valence-corrected chi connectivity index (χ3v) is 6.96. The fourth-order valence-electron chi connectivity index (χ4n) is 4.87. The van der Waals surface area contributed by atoms with Gasteiger partial charge in [0.25, 0.3) is 0 Å². The molecule has 2 aliphatic rings. The molecule has 1 aromatic heterocycles. The van der Waals surface area contributed by atoms with Crippen LogP contribution >= 0.6 is 0 Å². The first kappa shape index (κ1) is 28.0. The minimum atomic E-state index is -4.55. The van der Waals surface area contributed by atoms with Crippen molar-refractivity contribution < 1.29 is 41.0 Å². The lowest BCUT2D eigenvalue weighted by molar-refractivity contribution is -0.160. The summed E-state index contributed by atoms with van der Waals surface area (Å²) >= 11 is 0. The SMILES string of the molecule is COC(=O)c1c(C)cccc1CO[C@@H]1CCC[C@H](OCc2nc(C3=CC(F)=CC(C(F)(F)F)C3)oc2C)C1. The van der Waals surface area contributed by atoms with Crippen molar-refractivity contribution in [1.82, 2.24) is 4.98 Å². The zero-order valence-electron chi connectivity index (χ0n) is 21.6. The number of nitrogens with zero attached hydrogens (tertiary/aromatic N) is 1. The molecule has 1 fully saturated rings. The van der Waals surface area contributed by atoms with Crippen molar-refractivity contribution >= 4 is 11.5 Å². The van der Waals surface area contributed by atoms with E-state index < -0.39 is 30.3 Å². The van der Waals surface area contributed by atoms with E-state index in [2.05, 4.69) is 4.98 Å². The molecule has 1 aromatic carbocycles. The van der Waals surface area contributed by atoms with Crippen molar-refractivity contribution in [2.24, 2.45) is 5.92 Å². The number of aromatic nitrogens is 1. The van der Waals surface area contributed by atoms with Gasteiger partial charge < -0.3 is 18.6 Å². The van der Waals surface area contributed by atoms with E-state index in [9.17, 15) is 22.4 Å². The summed E-state index contributed by atoms with van der Waals surface area (Å²) in [5.41, 5.74) is 2.63. The van der Waals surface area contributed by atoms with Gasteiger partial charge in [-0.2, -0.15) is 13.2 Å². The van der Waals surface area contributed by atoms with Crippen LogP contribution in [0.2, 0.25) is 0 Å². The van der Waals surface area contributed by atoms with E-state index in [-0.39, 0.29) is 36.9 Å². The topological polar surface area (TPSA) is 70.8 Å². The molecule has 0 spiro atoms. The molecule has 206 valence electrons. The van der Waals surface area contributed by atoms with Crippen molar-refractivity contribution in [1.29, 1.82) is 0 Å². The van der Waals surface area contributed by atoms with Gasteiger partial charge in [0, 0.05) is 5.57 Å². The highest BCUT2D eigenvalue weighted by Gasteiger charge is 2.41. The van der Waals surface area contributed by atoms with E-state index in [0.717, 1.165) is 36.5 Å². The minimum Gasteiger partial charge on any atom is -0.465 e. The molecular formula is C28H31F4NO5. The predicted molar refractivity (Wildman–Crippen MR) is 131 cm³/mol. The summed E-state index contributed by atoms with van der Waals surface area (Å²) in [5, 5.41) is 0. The highest BCUT2D eigenvalue weighted by molar-refractivity contribution is 5.92. The van der Waals surface area contributed by atoms with Crippen LogP contribution in [0.5, 0.6) is 0 Å². The van der Waals surface area contributed by atoms with Gasteiger partial charge in [-0.3, -0.25) is 0 Å². The first-order valence-corrected chi connectivity index (χ1v) is 12.6. The monoisotopic (exact) mass is 537 g/mol. The van der Waals surface area contributed by atoms with E-state index >= 15 is 0 Å². The largest absolute Gasteiger partial charge is 0.465 e. The molecule has 4 rings (SSSR count). The van der Waals surface area contributed by atoms with Crippen LogP contribution in [0.4, 0.5) is 17.6 Å². The van der Waals surface area contributed by atoms with Gasteiger partial charge >= 0.3 is 12.1 Å². The first-order valence-electron chi connectivity index (χ1n) is 12.6. The molecule has 0 bridgehead atoms. The number of hydrogen-bond donors (Lipinski definition) is 0. The maximum atomic E-state index is 13.9. The van der Waals surface area contributed by atoms with Crippen LogP contribution in [0.3, 0.4) is 0 Å². The molecular weight excluding hydrogens is 506 g/mol. The zero-order chi connectivity index (χ0) is 27.4. The highest BCUT2D eigenvalue weighted by atomic mass is 19.4. The van der Waals surface area contributed by atoms with Crippen LogP contribution in [-0.2, 0) is 27.4 Å². The van der Waals surface area contributed by atoms with Crippen LogP contribution in [0.1, 0.15) is 70.9 Å². The summed E-state index contributed by atoms with van der Waals surface area (Å²) in [6.07, 6.45) is -0.311. The van der Waals surface area contributed by atoms with Gasteiger partial charge in [0.15, 0.2) is 0 Å². The number of ether oxygens (including phenoxy) is 3. The Kier molecular flexibility index (Phi) is 8.72. The second-order valence-electron chi connectivity index (χ2n) is 9.73. The van der Waals surface area contributed by atoms with E-state index in [1.54, 1.807) is 6.92 Å². The number of alkyl halides is 3. The Hall–Kier alpha value is -2.98. The Labute approximate surface area is 218 Å². The molecule has 10 heteroatoms. The fraction of sp³-hybridized carbons (Fsp3) is 0.500. The number of aryl methyl sites for hydroxylation is 2. The number of esters is 1. The predicted octanol–water partition coefficient (Wildman–Crippen LogP) is 6.94. The molecule has 1 heterocycles. The van der Waals surface area contributed by atoms with E-state index in [1.807, 2.05) is 25.1 Å². The minimum absolute atomic E-state index is 0.0250. The number of carbonyl (C=O) groups is 1. The lowest BCUT2D eigenvalue weighted by atomic mass is 9.93. The molecule has 1 saturated carbocycles. The molecule has 0 saturated heterocycles. The summed E-state index contributed by atoms with van der Waals surface area (Å²) in [5.74, 6) is -2.89. The van der Waals surface area contributed by atoms with Crippen LogP contribution < -0.4 is 0 Å². The number of hydrogen-bond acceptors (Lipinski definition) is 6. The molecule has 2 aliphatic carbocycles. The van der Waals surface area contributed by atoms with E-state index in [4.69, 9.17) is 18.6 Å². The number of rotatable bonds is 8. The Bertz CT molecular complexity index is 1220. The van der Waals surface area contributed by atoms with Gasteiger partial charge in [-0.15, -0.1) is 0 Å². The molecule has 1 unspecified atom stereocenters. The molecule has 0 amide bonds. The summed E-state index contributed by atoms with van der Waals surface area (Å²) in [4.78, 5) is 16.5. The Morgan fingerprint density at radius 1 is 1.13 bits per heavy atom. The number of oxazole rings is 1. The quantitative estimate of drug-likeness (QED) is 0.268. The number of allylic oxidation sites excluding steroid dienone is 4. The molecule has 2 aromatic rings. The first-order chi connectivity index (χ1) is 18.0. The maximum Gasteiger partial charge on any atom is 0.395 e. The summed E-state index contributed by atoms with van der Waals surface area (Å²) in [7, 11) is 1.35. The van der Waals surface area contributed by atoms with Gasteiger partial charge in [0.2, 0.25) is 5.89 Å². The summed E-state index contributed by atoms with van der Waals surface area (Å²) in [6, 6.07) is 5.57. The Morgan fingerprint density at radius 2 is 1.84 bits per heavy atom. The number of halogens is 4. The average molecular weight is 538 g/mol. The third kappa shape index (κ3) is 6.71. The lowest BCUT2D eigenvalue weighted by Gasteiger charge is -2.29. The Morgan fingerprint density at radius 3 is 2.53 bits per heavy atom. The van der Waals surface area contributed by atoms with Gasteiger partial charge in [0.05, 0.1) is 44.0 Å². The molecule has 0 radical (unpaired) electrons. The lowest BCUT2D eigenvalue weighted by Crippen LogP contribution is -2.28. The van der Waals surface area contributed by atoms with Crippen LogP contribution in [0.25, 0.3) is 5.57 Å².